The maximum absolute atomic E-state index is 13.5. The van der Waals surface area contributed by atoms with E-state index in [2.05, 4.69) is 9.97 Å². The number of imidazole rings is 1. The minimum atomic E-state index is -0.519. The van der Waals surface area contributed by atoms with Crippen LogP contribution < -0.4 is 9.91 Å². The molecule has 0 aliphatic heterocycles. The Balaban J connectivity index is 1.50. The first kappa shape index (κ1) is 23.2. The number of ether oxygens (including phenoxy) is 1. The summed E-state index contributed by atoms with van der Waals surface area (Å²) < 4.78 is 6.33. The van der Waals surface area contributed by atoms with Crippen molar-refractivity contribution < 1.29 is 19.1 Å². The topological polar surface area (TPSA) is 97.6 Å². The zero-order chi connectivity index (χ0) is 25.2. The molecule has 9 heteroatoms. The Labute approximate surface area is 207 Å². The minimum absolute atomic E-state index is 0.0232. The number of amides is 2. The van der Waals surface area contributed by atoms with Crippen LogP contribution >= 0.6 is 0 Å². The second-order valence-electron chi connectivity index (χ2n) is 8.62. The number of rotatable bonds is 6. The average molecular weight is 484 g/mol. The maximum Gasteiger partial charge on any atom is 0.339 e. The zero-order valence-electron chi connectivity index (χ0n) is 20.0. The van der Waals surface area contributed by atoms with Crippen molar-refractivity contribution in [1.82, 2.24) is 14.6 Å². The lowest BCUT2D eigenvalue weighted by Gasteiger charge is -2.37. The number of anilines is 2. The van der Waals surface area contributed by atoms with E-state index < -0.39 is 5.97 Å². The predicted molar refractivity (Wildman–Crippen MR) is 135 cm³/mol. The van der Waals surface area contributed by atoms with Gasteiger partial charge in [-0.1, -0.05) is 36.4 Å². The van der Waals surface area contributed by atoms with Gasteiger partial charge in [-0.15, -0.1) is 0 Å². The van der Waals surface area contributed by atoms with E-state index >= 15 is 0 Å². The Morgan fingerprint density at radius 3 is 2.44 bits per heavy atom. The van der Waals surface area contributed by atoms with Gasteiger partial charge >= 0.3 is 5.97 Å². The molecule has 0 unspecified atom stereocenters. The van der Waals surface area contributed by atoms with E-state index in [1.807, 2.05) is 42.5 Å². The second-order valence-corrected chi connectivity index (χ2v) is 8.62. The number of esters is 1. The Kier molecular flexibility index (Phi) is 6.20. The number of fused-ring (bicyclic) bond motifs is 1. The lowest BCUT2D eigenvalue weighted by atomic mass is 9.92. The molecule has 0 atom stereocenters. The number of pyridine rings is 1. The Hall–Kier alpha value is -4.53. The molecule has 1 aliphatic rings. The van der Waals surface area contributed by atoms with E-state index in [1.54, 1.807) is 20.8 Å². The van der Waals surface area contributed by atoms with Crippen molar-refractivity contribution >= 4 is 40.1 Å². The van der Waals surface area contributed by atoms with Crippen molar-refractivity contribution in [2.24, 2.45) is 0 Å². The molecule has 5 rings (SSSR count). The van der Waals surface area contributed by atoms with Crippen LogP contribution in [0.3, 0.4) is 0 Å². The molecule has 36 heavy (non-hydrogen) atoms. The Morgan fingerprint density at radius 1 is 1.00 bits per heavy atom. The second kappa shape index (κ2) is 9.61. The fraction of sp³-hybridized carbons (Fsp3) is 0.222. The first-order chi connectivity index (χ1) is 17.5. The van der Waals surface area contributed by atoms with E-state index in [-0.39, 0.29) is 29.1 Å². The van der Waals surface area contributed by atoms with Crippen LogP contribution in [0.5, 0.6) is 0 Å². The van der Waals surface area contributed by atoms with Gasteiger partial charge in [0.25, 0.3) is 5.91 Å². The van der Waals surface area contributed by atoms with Crippen LogP contribution in [0.4, 0.5) is 11.5 Å². The normalized spacial score (nSPS) is 13.2. The van der Waals surface area contributed by atoms with E-state index in [0.29, 0.717) is 11.5 Å². The summed E-state index contributed by atoms with van der Waals surface area (Å²) in [5.74, 6) is -0.628. The van der Waals surface area contributed by atoms with Gasteiger partial charge in [-0.05, 0) is 42.8 Å². The summed E-state index contributed by atoms with van der Waals surface area (Å²) in [6.45, 7) is 1.49. The number of aromatic nitrogens is 3. The third kappa shape index (κ3) is 4.19. The molecule has 182 valence electrons. The molecular formula is C27H25N5O4. The number of carbonyl (C=O) groups excluding carboxylic acids is 3. The van der Waals surface area contributed by atoms with Crippen LogP contribution in [0.1, 0.15) is 47.0 Å². The van der Waals surface area contributed by atoms with Gasteiger partial charge in [-0.3, -0.25) is 19.5 Å². The molecule has 2 aromatic carbocycles. The van der Waals surface area contributed by atoms with Gasteiger partial charge in [0.1, 0.15) is 12.0 Å². The van der Waals surface area contributed by atoms with Crippen LogP contribution in [0.2, 0.25) is 0 Å². The number of nitrogens with zero attached hydrogens (tertiary/aromatic N) is 5. The number of methoxy groups -OCH3 is 1. The van der Waals surface area contributed by atoms with Gasteiger partial charge in [0, 0.05) is 18.5 Å². The van der Waals surface area contributed by atoms with E-state index in [9.17, 15) is 14.4 Å². The molecular weight excluding hydrogens is 458 g/mol. The van der Waals surface area contributed by atoms with Crippen LogP contribution in [-0.2, 0) is 9.53 Å². The molecule has 0 radical (unpaired) electrons. The highest BCUT2D eigenvalue weighted by molar-refractivity contribution is 6.07. The molecule has 0 spiro atoms. The van der Waals surface area contributed by atoms with Crippen molar-refractivity contribution in [2.45, 2.75) is 32.2 Å². The lowest BCUT2D eigenvalue weighted by molar-refractivity contribution is -0.115. The molecule has 2 aromatic heterocycles. The van der Waals surface area contributed by atoms with E-state index in [1.165, 1.54) is 38.7 Å². The van der Waals surface area contributed by atoms with Crippen LogP contribution in [0, 0.1) is 0 Å². The molecule has 1 fully saturated rings. The van der Waals surface area contributed by atoms with E-state index in [0.717, 1.165) is 30.0 Å². The Morgan fingerprint density at radius 2 is 1.78 bits per heavy atom. The van der Waals surface area contributed by atoms with Crippen molar-refractivity contribution in [1.29, 1.82) is 0 Å². The number of hydrogen-bond donors (Lipinski definition) is 0. The molecule has 9 nitrogen and oxygen atoms in total. The monoisotopic (exact) mass is 483 g/mol. The van der Waals surface area contributed by atoms with Gasteiger partial charge < -0.3 is 4.74 Å². The third-order valence-electron chi connectivity index (χ3n) is 6.39. The van der Waals surface area contributed by atoms with Crippen LogP contribution in [-0.4, -0.2) is 45.6 Å². The van der Waals surface area contributed by atoms with Crippen molar-refractivity contribution in [2.75, 3.05) is 17.0 Å². The smallest absolute Gasteiger partial charge is 0.339 e. The molecule has 4 aromatic rings. The van der Waals surface area contributed by atoms with Crippen molar-refractivity contribution in [3.63, 3.8) is 0 Å². The summed E-state index contributed by atoms with van der Waals surface area (Å²) >= 11 is 0. The first-order valence-electron chi connectivity index (χ1n) is 11.7. The van der Waals surface area contributed by atoms with Gasteiger partial charge in [-0.2, -0.15) is 0 Å². The largest absolute Gasteiger partial charge is 0.465 e. The summed E-state index contributed by atoms with van der Waals surface area (Å²) in [5.41, 5.74) is 1.18. The molecule has 2 heterocycles. The summed E-state index contributed by atoms with van der Waals surface area (Å²) in [5, 5.41) is 3.54. The van der Waals surface area contributed by atoms with Crippen molar-refractivity contribution in [3.05, 3.63) is 84.6 Å². The third-order valence-corrected chi connectivity index (χ3v) is 6.39. The highest BCUT2D eigenvalue weighted by Crippen LogP contribution is 2.32. The molecule has 1 aliphatic carbocycles. The SMILES string of the molecule is COC(=O)c1ccc(C(=O)N(C2CCC2)n2cnc(N(C(C)=O)c3cccc4ccccc34)c2)nc1. The molecule has 0 N–H and O–H groups in total. The number of benzene rings is 2. The molecule has 0 saturated heterocycles. The van der Waals surface area contributed by atoms with Gasteiger partial charge in [0.15, 0.2) is 5.82 Å². The summed E-state index contributed by atoms with van der Waals surface area (Å²) in [4.78, 5) is 48.3. The summed E-state index contributed by atoms with van der Waals surface area (Å²) in [6.07, 6.45) is 7.26. The Bertz CT molecular complexity index is 1440. The molecule has 0 bridgehead atoms. The lowest BCUT2D eigenvalue weighted by Crippen LogP contribution is -2.51. The van der Waals surface area contributed by atoms with E-state index in [4.69, 9.17) is 4.74 Å². The summed E-state index contributed by atoms with van der Waals surface area (Å²) in [7, 11) is 1.29. The minimum Gasteiger partial charge on any atom is -0.465 e. The molecule has 2 amide bonds. The quantitative estimate of drug-likeness (QED) is 0.381. The first-order valence-corrected chi connectivity index (χ1v) is 11.7. The average Bonchev–Trinajstić information content (AvgIpc) is 3.34. The highest BCUT2D eigenvalue weighted by atomic mass is 16.5. The number of hydrogen-bond acceptors (Lipinski definition) is 6. The fourth-order valence-corrected chi connectivity index (χ4v) is 4.36. The van der Waals surface area contributed by atoms with Gasteiger partial charge in [0.2, 0.25) is 5.91 Å². The zero-order valence-corrected chi connectivity index (χ0v) is 20.0. The standard InChI is InChI=1S/C27H25N5O4/c1-18(33)31(24-12-5-8-19-7-3-4-11-22(19)24)25-16-30(17-29-25)32(21-9-6-10-21)26(34)23-14-13-20(15-28-23)27(35)36-2/h3-5,7-8,11-17,21H,6,9-10H2,1-2H3. The highest BCUT2D eigenvalue weighted by Gasteiger charge is 2.32. The van der Waals surface area contributed by atoms with Crippen molar-refractivity contribution in [3.8, 4) is 0 Å². The molecule has 1 saturated carbocycles. The van der Waals surface area contributed by atoms with Gasteiger partial charge in [-0.25, -0.2) is 19.5 Å². The van der Waals surface area contributed by atoms with Crippen LogP contribution in [0.25, 0.3) is 10.8 Å². The maximum atomic E-state index is 13.5. The fourth-order valence-electron chi connectivity index (χ4n) is 4.36. The number of carbonyl (C=O) groups is 3. The predicted octanol–water partition coefficient (Wildman–Crippen LogP) is 4.23. The van der Waals surface area contributed by atoms with Gasteiger partial charge in [0.05, 0.1) is 30.6 Å². The van der Waals surface area contributed by atoms with Crippen LogP contribution in [0.15, 0.2) is 73.3 Å². The summed E-state index contributed by atoms with van der Waals surface area (Å²) in [6, 6.07) is 16.6.